The maximum Gasteiger partial charge on any atom is 0.321 e. The number of anilines is 1. The first-order chi connectivity index (χ1) is 14.3. The van der Waals surface area contributed by atoms with Gasteiger partial charge < -0.3 is 20.6 Å². The number of likely N-dealkylation sites (tertiary alicyclic amines) is 1. The Labute approximate surface area is 182 Å². The van der Waals surface area contributed by atoms with E-state index in [-0.39, 0.29) is 41.3 Å². The summed E-state index contributed by atoms with van der Waals surface area (Å²) in [6, 6.07) is 5.00. The number of carbonyl (C=O) groups is 2. The Morgan fingerprint density at radius 2 is 2.00 bits per heavy atom. The number of piperidine rings is 1. The third-order valence-electron chi connectivity index (χ3n) is 4.97. The number of nitrogens with one attached hydrogen (secondary N) is 2. The van der Waals surface area contributed by atoms with Crippen LogP contribution in [0.3, 0.4) is 0 Å². The number of aliphatic hydroxyl groups is 1. The maximum absolute atomic E-state index is 12.4. The molecule has 0 atom stereocenters. The molecule has 4 rings (SSSR count). The standard InChI is InChI=1S/C18H22N4O5S3/c23-13-3-5-22(6-4-13)17(25)20-11-1-2-14-15(7-11)29-18(21-14)28-8-16(24)19-12-9-30(26,27)10-12/h1-2,7,12-13,23H,3-6,8-10H2,(H,19,24)(H,20,25). The zero-order valence-corrected chi connectivity index (χ0v) is 18.5. The Kier molecular flexibility index (Phi) is 6.19. The second-order valence-corrected chi connectivity index (χ2v) is 11.8. The van der Waals surface area contributed by atoms with E-state index in [2.05, 4.69) is 15.6 Å². The first-order valence-corrected chi connectivity index (χ1v) is 13.2. The van der Waals surface area contributed by atoms with E-state index in [1.165, 1.54) is 23.1 Å². The van der Waals surface area contributed by atoms with Gasteiger partial charge in [-0.1, -0.05) is 11.8 Å². The lowest BCUT2D eigenvalue weighted by Crippen LogP contribution is -2.53. The van der Waals surface area contributed by atoms with Crippen molar-refractivity contribution in [2.75, 3.05) is 35.7 Å². The molecule has 0 saturated carbocycles. The molecule has 9 nitrogen and oxygen atoms in total. The third-order valence-corrected chi connectivity index (χ3v) is 8.96. The number of benzene rings is 1. The fraction of sp³-hybridized carbons (Fsp3) is 0.500. The Balaban J connectivity index is 1.31. The fourth-order valence-corrected chi connectivity index (χ4v) is 6.57. The summed E-state index contributed by atoms with van der Waals surface area (Å²) < 4.78 is 23.9. The Hall–Kier alpha value is -1.89. The molecule has 2 fully saturated rings. The van der Waals surface area contributed by atoms with E-state index in [0.717, 1.165) is 14.6 Å². The minimum absolute atomic E-state index is 0.0110. The molecule has 2 aliphatic rings. The number of aliphatic hydroxyl groups excluding tert-OH is 1. The monoisotopic (exact) mass is 470 g/mol. The van der Waals surface area contributed by atoms with Crippen molar-refractivity contribution >= 4 is 60.8 Å². The van der Waals surface area contributed by atoms with Gasteiger partial charge in [0, 0.05) is 18.8 Å². The number of hydrogen-bond donors (Lipinski definition) is 3. The molecule has 0 radical (unpaired) electrons. The normalized spacial score (nSPS) is 19.4. The number of thiazole rings is 1. The average molecular weight is 471 g/mol. The molecule has 0 aliphatic carbocycles. The van der Waals surface area contributed by atoms with Gasteiger partial charge in [-0.15, -0.1) is 11.3 Å². The van der Waals surface area contributed by atoms with Crippen LogP contribution in [-0.4, -0.2) is 77.8 Å². The van der Waals surface area contributed by atoms with Crippen LogP contribution in [0.2, 0.25) is 0 Å². The van der Waals surface area contributed by atoms with Crippen LogP contribution in [0.15, 0.2) is 22.5 Å². The molecule has 2 saturated heterocycles. The quantitative estimate of drug-likeness (QED) is 0.562. The number of aromatic nitrogens is 1. The molecule has 0 unspecified atom stereocenters. The van der Waals surface area contributed by atoms with Crippen molar-refractivity contribution in [3.63, 3.8) is 0 Å². The number of nitrogens with zero attached hydrogens (tertiary/aromatic N) is 2. The van der Waals surface area contributed by atoms with Crippen molar-refractivity contribution in [1.82, 2.24) is 15.2 Å². The highest BCUT2D eigenvalue weighted by molar-refractivity contribution is 8.01. The van der Waals surface area contributed by atoms with Crippen molar-refractivity contribution in [2.24, 2.45) is 0 Å². The summed E-state index contributed by atoms with van der Waals surface area (Å²) in [6.45, 7) is 1.07. The molecule has 2 aromatic rings. The van der Waals surface area contributed by atoms with Gasteiger partial charge in [-0.3, -0.25) is 4.79 Å². The predicted octanol–water partition coefficient (Wildman–Crippen LogP) is 1.29. The number of thioether (sulfide) groups is 1. The lowest BCUT2D eigenvalue weighted by molar-refractivity contribution is -0.119. The molecule has 12 heteroatoms. The van der Waals surface area contributed by atoms with Gasteiger partial charge in [-0.25, -0.2) is 18.2 Å². The summed E-state index contributed by atoms with van der Waals surface area (Å²) in [7, 11) is -2.96. The third kappa shape index (κ3) is 5.23. The summed E-state index contributed by atoms with van der Waals surface area (Å²) in [6.07, 6.45) is 0.847. The summed E-state index contributed by atoms with van der Waals surface area (Å²) in [5.41, 5.74) is 1.45. The van der Waals surface area contributed by atoms with Gasteiger partial charge in [-0.2, -0.15) is 0 Å². The van der Waals surface area contributed by atoms with Crippen LogP contribution in [0.25, 0.3) is 10.2 Å². The largest absolute Gasteiger partial charge is 0.393 e. The summed E-state index contributed by atoms with van der Waals surface area (Å²) in [4.78, 5) is 30.5. The topological polar surface area (TPSA) is 129 Å². The lowest BCUT2D eigenvalue weighted by atomic mass is 10.1. The molecule has 162 valence electrons. The van der Waals surface area contributed by atoms with Crippen LogP contribution in [0, 0.1) is 0 Å². The SMILES string of the molecule is O=C(CSc1nc2ccc(NC(=O)N3CCC(O)CC3)cc2s1)NC1CS(=O)(=O)C1. The van der Waals surface area contributed by atoms with Crippen LogP contribution in [0.1, 0.15) is 12.8 Å². The zero-order chi connectivity index (χ0) is 21.3. The first-order valence-electron chi connectivity index (χ1n) is 9.54. The van der Waals surface area contributed by atoms with Crippen LogP contribution < -0.4 is 10.6 Å². The minimum atomic E-state index is -2.96. The van der Waals surface area contributed by atoms with Crippen LogP contribution in [0.4, 0.5) is 10.5 Å². The smallest absolute Gasteiger partial charge is 0.321 e. The number of sulfone groups is 1. The van der Waals surface area contributed by atoms with E-state index in [4.69, 9.17) is 0 Å². The highest BCUT2D eigenvalue weighted by atomic mass is 32.2. The number of carbonyl (C=O) groups excluding carboxylic acids is 2. The van der Waals surface area contributed by atoms with Crippen molar-refractivity contribution in [2.45, 2.75) is 29.3 Å². The molecule has 1 aromatic carbocycles. The molecule has 0 spiro atoms. The van der Waals surface area contributed by atoms with Gasteiger partial charge in [0.15, 0.2) is 14.2 Å². The molecule has 3 amide bonds. The molecular formula is C18H22N4O5S3. The average Bonchev–Trinajstić information content (AvgIpc) is 3.07. The Bertz CT molecular complexity index is 1050. The first kappa shape index (κ1) is 21.3. The van der Waals surface area contributed by atoms with Gasteiger partial charge in [-0.05, 0) is 31.0 Å². The van der Waals surface area contributed by atoms with Crippen LogP contribution in [-0.2, 0) is 14.6 Å². The van der Waals surface area contributed by atoms with E-state index in [1.54, 1.807) is 11.0 Å². The minimum Gasteiger partial charge on any atom is -0.393 e. The maximum atomic E-state index is 12.4. The second-order valence-electron chi connectivity index (χ2n) is 7.44. The van der Waals surface area contributed by atoms with Gasteiger partial charge in [0.1, 0.15) is 0 Å². The second kappa shape index (κ2) is 8.69. The van der Waals surface area contributed by atoms with Crippen molar-refractivity contribution in [1.29, 1.82) is 0 Å². The van der Waals surface area contributed by atoms with E-state index in [9.17, 15) is 23.1 Å². The van der Waals surface area contributed by atoms with Crippen molar-refractivity contribution in [3.05, 3.63) is 18.2 Å². The molecule has 1 aromatic heterocycles. The summed E-state index contributed by atoms with van der Waals surface area (Å²) in [5, 5.41) is 15.2. The Morgan fingerprint density at radius 3 is 2.70 bits per heavy atom. The van der Waals surface area contributed by atoms with Crippen LogP contribution >= 0.6 is 23.1 Å². The summed E-state index contributed by atoms with van der Waals surface area (Å²) >= 11 is 2.73. The number of urea groups is 1. The molecule has 30 heavy (non-hydrogen) atoms. The van der Waals surface area contributed by atoms with E-state index in [1.807, 2.05) is 12.1 Å². The summed E-state index contributed by atoms with van der Waals surface area (Å²) in [5.74, 6) is -0.0201. The van der Waals surface area contributed by atoms with Crippen molar-refractivity contribution in [3.8, 4) is 0 Å². The van der Waals surface area contributed by atoms with Gasteiger partial charge in [0.2, 0.25) is 5.91 Å². The van der Waals surface area contributed by atoms with E-state index < -0.39 is 9.84 Å². The number of hydrogen-bond acceptors (Lipinski definition) is 8. The predicted molar refractivity (Wildman–Crippen MR) is 117 cm³/mol. The molecular weight excluding hydrogens is 448 g/mol. The van der Waals surface area contributed by atoms with Gasteiger partial charge in [0.25, 0.3) is 0 Å². The number of fused-ring (bicyclic) bond motifs is 1. The lowest BCUT2D eigenvalue weighted by Gasteiger charge is -2.29. The molecule has 2 aliphatic heterocycles. The van der Waals surface area contributed by atoms with Crippen molar-refractivity contribution < 1.29 is 23.1 Å². The van der Waals surface area contributed by atoms with E-state index >= 15 is 0 Å². The molecule has 3 N–H and O–H groups in total. The highest BCUT2D eigenvalue weighted by Gasteiger charge is 2.34. The zero-order valence-electron chi connectivity index (χ0n) is 16.0. The number of amides is 3. The van der Waals surface area contributed by atoms with Gasteiger partial charge in [0.05, 0.1) is 39.6 Å². The Morgan fingerprint density at radius 1 is 1.27 bits per heavy atom. The van der Waals surface area contributed by atoms with Crippen LogP contribution in [0.5, 0.6) is 0 Å². The molecule has 3 heterocycles. The fourth-order valence-electron chi connectivity index (χ4n) is 3.36. The molecule has 0 bridgehead atoms. The number of rotatable bonds is 5. The highest BCUT2D eigenvalue weighted by Crippen LogP contribution is 2.31. The van der Waals surface area contributed by atoms with E-state index in [0.29, 0.717) is 31.6 Å². The van der Waals surface area contributed by atoms with Gasteiger partial charge >= 0.3 is 6.03 Å².